The molecule has 5 nitrogen and oxygen atoms in total. The van der Waals surface area contributed by atoms with Crippen molar-refractivity contribution in [3.05, 3.63) is 5.01 Å². The van der Waals surface area contributed by atoms with Crippen LogP contribution in [0.5, 0.6) is 0 Å². The predicted molar refractivity (Wildman–Crippen MR) is 60.7 cm³/mol. The van der Waals surface area contributed by atoms with Crippen LogP contribution in [0.2, 0.25) is 0 Å². The maximum Gasteiger partial charge on any atom is 0.243 e. The Labute approximate surface area is 93.1 Å². The number of hydrogen-bond acceptors (Lipinski definition) is 5. The molecule has 1 aromatic rings. The molecule has 1 rings (SSSR count). The second kappa shape index (κ2) is 5.18. The molecular formula is C9H16N4OS. The van der Waals surface area contributed by atoms with Crippen LogP contribution in [0.25, 0.3) is 0 Å². The number of nitrogens with two attached hydrogens (primary N) is 1. The third-order valence-electron chi connectivity index (χ3n) is 2.02. The molecule has 0 aliphatic heterocycles. The molecule has 0 saturated carbocycles. The first-order valence-electron chi connectivity index (χ1n) is 4.93. The number of rotatable bonds is 4. The lowest BCUT2D eigenvalue weighted by atomic mass is 10.1. The van der Waals surface area contributed by atoms with Crippen LogP contribution < -0.4 is 11.1 Å². The fourth-order valence-corrected chi connectivity index (χ4v) is 1.62. The summed E-state index contributed by atoms with van der Waals surface area (Å²) in [4.78, 5) is 11.6. The summed E-state index contributed by atoms with van der Waals surface area (Å²) in [5.41, 5.74) is 5.69. The van der Waals surface area contributed by atoms with Gasteiger partial charge in [-0.1, -0.05) is 32.1 Å². The van der Waals surface area contributed by atoms with Crippen LogP contribution in [0.3, 0.4) is 0 Å². The van der Waals surface area contributed by atoms with E-state index < -0.39 is 6.04 Å². The molecular weight excluding hydrogens is 212 g/mol. The molecule has 0 aliphatic carbocycles. The summed E-state index contributed by atoms with van der Waals surface area (Å²) >= 11 is 1.38. The van der Waals surface area contributed by atoms with Crippen molar-refractivity contribution in [1.29, 1.82) is 0 Å². The van der Waals surface area contributed by atoms with Gasteiger partial charge in [0.05, 0.1) is 6.04 Å². The van der Waals surface area contributed by atoms with Crippen LogP contribution in [0.15, 0.2) is 0 Å². The van der Waals surface area contributed by atoms with E-state index >= 15 is 0 Å². The second-order valence-electron chi connectivity index (χ2n) is 3.61. The molecule has 1 heterocycles. The number of aryl methyl sites for hydroxylation is 1. The fraction of sp³-hybridized carbons (Fsp3) is 0.667. The number of amides is 1. The van der Waals surface area contributed by atoms with Gasteiger partial charge >= 0.3 is 0 Å². The average Bonchev–Trinajstić information content (AvgIpc) is 2.64. The van der Waals surface area contributed by atoms with Gasteiger partial charge in [0.15, 0.2) is 0 Å². The monoisotopic (exact) mass is 228 g/mol. The van der Waals surface area contributed by atoms with Crippen molar-refractivity contribution in [1.82, 2.24) is 10.2 Å². The van der Waals surface area contributed by atoms with E-state index in [1.54, 1.807) is 0 Å². The van der Waals surface area contributed by atoms with Crippen LogP contribution in [-0.4, -0.2) is 22.1 Å². The second-order valence-corrected chi connectivity index (χ2v) is 4.68. The number of nitrogens with one attached hydrogen (secondary N) is 1. The minimum absolute atomic E-state index is 0.114. The molecule has 0 bridgehead atoms. The lowest BCUT2D eigenvalue weighted by Crippen LogP contribution is -2.39. The Morgan fingerprint density at radius 2 is 2.20 bits per heavy atom. The SMILES string of the molecule is CCc1nnc(NC(=O)[C@@H](N)C(C)C)s1. The summed E-state index contributed by atoms with van der Waals surface area (Å²) in [6.07, 6.45) is 0.823. The summed E-state index contributed by atoms with van der Waals surface area (Å²) in [6.45, 7) is 5.80. The van der Waals surface area contributed by atoms with Crippen molar-refractivity contribution in [2.24, 2.45) is 11.7 Å². The first kappa shape index (κ1) is 12.1. The van der Waals surface area contributed by atoms with Gasteiger partial charge in [-0.05, 0) is 12.3 Å². The van der Waals surface area contributed by atoms with Crippen molar-refractivity contribution >= 4 is 22.4 Å². The van der Waals surface area contributed by atoms with Gasteiger partial charge in [0.1, 0.15) is 5.01 Å². The van der Waals surface area contributed by atoms with Crippen LogP contribution in [0.4, 0.5) is 5.13 Å². The molecule has 0 saturated heterocycles. The van der Waals surface area contributed by atoms with Crippen LogP contribution in [0.1, 0.15) is 25.8 Å². The highest BCUT2D eigenvalue weighted by Crippen LogP contribution is 2.15. The average molecular weight is 228 g/mol. The normalized spacial score (nSPS) is 12.9. The zero-order valence-electron chi connectivity index (χ0n) is 9.15. The largest absolute Gasteiger partial charge is 0.320 e. The number of carbonyl (C=O) groups excluding carboxylic acids is 1. The molecule has 1 amide bonds. The maximum absolute atomic E-state index is 11.6. The summed E-state index contributed by atoms with van der Waals surface area (Å²) in [5.74, 6) is -0.0904. The number of hydrogen-bond donors (Lipinski definition) is 2. The maximum atomic E-state index is 11.6. The van der Waals surface area contributed by atoms with E-state index in [2.05, 4.69) is 15.5 Å². The zero-order valence-corrected chi connectivity index (χ0v) is 9.97. The van der Waals surface area contributed by atoms with Gasteiger partial charge in [-0.2, -0.15) is 0 Å². The van der Waals surface area contributed by atoms with E-state index in [9.17, 15) is 4.79 Å². The van der Waals surface area contributed by atoms with Crippen molar-refractivity contribution in [3.8, 4) is 0 Å². The molecule has 84 valence electrons. The van der Waals surface area contributed by atoms with E-state index in [1.165, 1.54) is 11.3 Å². The predicted octanol–water partition coefficient (Wildman–Crippen LogP) is 1.02. The van der Waals surface area contributed by atoms with Gasteiger partial charge in [0, 0.05) is 0 Å². The Balaban J connectivity index is 2.58. The molecule has 1 atom stereocenters. The van der Waals surface area contributed by atoms with Crippen molar-refractivity contribution < 1.29 is 4.79 Å². The van der Waals surface area contributed by atoms with E-state index in [-0.39, 0.29) is 11.8 Å². The van der Waals surface area contributed by atoms with Gasteiger partial charge in [-0.15, -0.1) is 10.2 Å². The van der Waals surface area contributed by atoms with Crippen molar-refractivity contribution in [2.75, 3.05) is 5.32 Å². The Kier molecular flexibility index (Phi) is 4.16. The van der Waals surface area contributed by atoms with Crippen molar-refractivity contribution in [3.63, 3.8) is 0 Å². The fourth-order valence-electron chi connectivity index (χ4n) is 0.938. The molecule has 15 heavy (non-hydrogen) atoms. The lowest BCUT2D eigenvalue weighted by molar-refractivity contribution is -0.118. The summed E-state index contributed by atoms with van der Waals surface area (Å²) < 4.78 is 0. The van der Waals surface area contributed by atoms with Gasteiger partial charge < -0.3 is 5.73 Å². The smallest absolute Gasteiger partial charge is 0.243 e. The Morgan fingerprint density at radius 1 is 1.53 bits per heavy atom. The minimum atomic E-state index is -0.501. The molecule has 0 fully saturated rings. The van der Waals surface area contributed by atoms with Crippen LogP contribution in [0, 0.1) is 5.92 Å². The number of nitrogens with zero attached hydrogens (tertiary/aromatic N) is 2. The third kappa shape index (κ3) is 3.24. The lowest BCUT2D eigenvalue weighted by Gasteiger charge is -2.13. The molecule has 3 N–H and O–H groups in total. The first-order valence-corrected chi connectivity index (χ1v) is 5.75. The highest BCUT2D eigenvalue weighted by Gasteiger charge is 2.18. The molecule has 0 radical (unpaired) electrons. The number of aromatic nitrogens is 2. The standard InChI is InChI=1S/C9H16N4OS/c1-4-6-12-13-9(15-6)11-8(14)7(10)5(2)3/h5,7H,4,10H2,1-3H3,(H,11,13,14)/t7-/m0/s1. The molecule has 1 aromatic heterocycles. The molecule has 0 unspecified atom stereocenters. The van der Waals surface area contributed by atoms with Crippen LogP contribution in [-0.2, 0) is 11.2 Å². The first-order chi connectivity index (χ1) is 7.04. The molecule has 6 heteroatoms. The summed E-state index contributed by atoms with van der Waals surface area (Å²) in [7, 11) is 0. The minimum Gasteiger partial charge on any atom is -0.320 e. The van der Waals surface area contributed by atoms with Gasteiger partial charge in [0.25, 0.3) is 0 Å². The van der Waals surface area contributed by atoms with Crippen LogP contribution >= 0.6 is 11.3 Å². The number of anilines is 1. The summed E-state index contributed by atoms with van der Waals surface area (Å²) in [5, 5.41) is 11.8. The highest BCUT2D eigenvalue weighted by molar-refractivity contribution is 7.15. The Bertz CT molecular complexity index is 337. The van der Waals surface area contributed by atoms with Gasteiger partial charge in [-0.3, -0.25) is 10.1 Å². The molecule has 0 aromatic carbocycles. The van der Waals surface area contributed by atoms with E-state index in [0.717, 1.165) is 11.4 Å². The van der Waals surface area contributed by atoms with Crippen molar-refractivity contribution in [2.45, 2.75) is 33.2 Å². The van der Waals surface area contributed by atoms with E-state index in [0.29, 0.717) is 5.13 Å². The van der Waals surface area contributed by atoms with E-state index in [4.69, 9.17) is 5.73 Å². The highest BCUT2D eigenvalue weighted by atomic mass is 32.1. The van der Waals surface area contributed by atoms with Gasteiger partial charge in [-0.25, -0.2) is 0 Å². The Hall–Kier alpha value is -1.01. The molecule has 0 spiro atoms. The quantitative estimate of drug-likeness (QED) is 0.806. The third-order valence-corrected chi connectivity index (χ3v) is 3.00. The Morgan fingerprint density at radius 3 is 2.67 bits per heavy atom. The van der Waals surface area contributed by atoms with Gasteiger partial charge in [0.2, 0.25) is 11.0 Å². The molecule has 0 aliphatic rings. The number of carbonyl (C=O) groups is 1. The van der Waals surface area contributed by atoms with E-state index in [1.807, 2.05) is 20.8 Å². The topological polar surface area (TPSA) is 80.9 Å². The summed E-state index contributed by atoms with van der Waals surface area (Å²) in [6, 6.07) is -0.501. The zero-order chi connectivity index (χ0) is 11.4.